The fourth-order valence-electron chi connectivity index (χ4n) is 5.38. The molecule has 4 atom stereocenters. The highest BCUT2D eigenvalue weighted by Crippen LogP contribution is 2.30. The number of ether oxygens (including phenoxy) is 2. The van der Waals surface area contributed by atoms with E-state index >= 15 is 0 Å². The van der Waals surface area contributed by atoms with Crippen molar-refractivity contribution in [2.45, 2.75) is 70.9 Å². The Kier molecular flexibility index (Phi) is 12.3. The summed E-state index contributed by atoms with van der Waals surface area (Å²) in [5.41, 5.74) is 1.64. The van der Waals surface area contributed by atoms with Crippen molar-refractivity contribution in [2.75, 3.05) is 13.7 Å². The number of hydrogen-bond acceptors (Lipinski definition) is 11. The van der Waals surface area contributed by atoms with Crippen molar-refractivity contribution in [1.29, 1.82) is 0 Å². The fourth-order valence-corrected chi connectivity index (χ4v) is 6.40. The van der Waals surface area contributed by atoms with Crippen molar-refractivity contribution < 1.29 is 33.8 Å². The number of aliphatic hydroxyl groups is 1. The number of fused-ring (bicyclic) bond motifs is 6. The number of hydrogen-bond donors (Lipinski definition) is 5. The van der Waals surface area contributed by atoms with E-state index in [2.05, 4.69) is 36.6 Å². The molecule has 0 fully saturated rings. The zero-order valence-electron chi connectivity index (χ0n) is 28.8. The molecule has 1 aliphatic heterocycles. The molecule has 0 spiro atoms. The highest BCUT2D eigenvalue weighted by Gasteiger charge is 2.32. The first-order valence-electron chi connectivity index (χ1n) is 16.6. The molecular formula is C35H42N8O7S. The van der Waals surface area contributed by atoms with Gasteiger partial charge in [0.1, 0.15) is 28.5 Å². The number of aliphatic hydroxyl groups excluding tert-OH is 1. The molecule has 0 unspecified atom stereocenters. The standard InChI is InChI=1S/C35H42N8O7S/c1-20(2)29-35-38-26(19-51-35)33(47)40-30(21(3)44)34(48)37-25(15-22-9-6-5-7-10-22)32(46)36-17-24-18-43(42-41-24)13-8-14-50-28-16-23(31(45)39-29)11-12-27(28)49-4/h5-7,9-12,16,18-21,25,29-30,44H,8,13-15,17H2,1-4H3,(H,36,46)(H,37,48)(H,39,45)(H,40,47)/t21-,25-,29+,30+/m1/s1. The average Bonchev–Trinajstić information content (AvgIpc) is 3.80. The minimum Gasteiger partial charge on any atom is -0.493 e. The molecule has 6 bridgehead atoms. The monoisotopic (exact) mass is 718 g/mol. The molecule has 2 aromatic heterocycles. The van der Waals surface area contributed by atoms with E-state index in [9.17, 15) is 24.3 Å². The number of amides is 4. The summed E-state index contributed by atoms with van der Waals surface area (Å²) in [6, 6.07) is 11.0. The average molecular weight is 719 g/mol. The molecule has 0 aliphatic carbocycles. The van der Waals surface area contributed by atoms with E-state index in [1.54, 1.807) is 29.1 Å². The second-order valence-electron chi connectivity index (χ2n) is 12.5. The number of carbonyl (C=O) groups excluding carboxylic acids is 4. The Morgan fingerprint density at radius 2 is 1.76 bits per heavy atom. The van der Waals surface area contributed by atoms with E-state index in [-0.39, 0.29) is 30.5 Å². The molecule has 270 valence electrons. The van der Waals surface area contributed by atoms with Gasteiger partial charge in [0.15, 0.2) is 11.5 Å². The van der Waals surface area contributed by atoms with Crippen LogP contribution >= 0.6 is 11.3 Å². The number of nitrogens with one attached hydrogen (secondary N) is 4. The van der Waals surface area contributed by atoms with Gasteiger partial charge in [0.05, 0.1) is 38.6 Å². The predicted octanol–water partition coefficient (Wildman–Crippen LogP) is 2.18. The second-order valence-corrected chi connectivity index (χ2v) is 13.4. The van der Waals surface area contributed by atoms with Crippen molar-refractivity contribution in [1.82, 2.24) is 41.2 Å². The van der Waals surface area contributed by atoms with Crippen LogP contribution in [0.1, 0.15) is 70.3 Å². The molecule has 3 heterocycles. The number of rotatable bonds is 5. The number of benzene rings is 2. The highest BCUT2D eigenvalue weighted by molar-refractivity contribution is 7.09. The van der Waals surface area contributed by atoms with Crippen LogP contribution in [0.4, 0.5) is 0 Å². The lowest BCUT2D eigenvalue weighted by atomic mass is 10.0. The van der Waals surface area contributed by atoms with Gasteiger partial charge in [-0.05, 0) is 36.6 Å². The first kappa shape index (κ1) is 36.9. The van der Waals surface area contributed by atoms with Crippen LogP contribution in [0.5, 0.6) is 11.5 Å². The van der Waals surface area contributed by atoms with Crippen molar-refractivity contribution >= 4 is 35.0 Å². The SMILES string of the molecule is COc1ccc2cc1OCCCn1cc(nn1)CNC(=O)[C@@H](Cc1ccccc1)NC(=O)[C@H]([C@@H](C)O)NC(=O)c1csc(n1)[C@H](C(C)C)NC2=O. The number of carbonyl (C=O) groups is 4. The number of nitrogens with zero attached hydrogens (tertiary/aromatic N) is 4. The summed E-state index contributed by atoms with van der Waals surface area (Å²) in [5.74, 6) is -1.56. The topological polar surface area (TPSA) is 199 Å². The van der Waals surface area contributed by atoms with Crippen molar-refractivity contribution in [3.05, 3.63) is 87.6 Å². The molecule has 51 heavy (non-hydrogen) atoms. The van der Waals surface area contributed by atoms with Crippen LogP contribution in [0, 0.1) is 5.92 Å². The molecule has 4 aromatic rings. The summed E-state index contributed by atoms with van der Waals surface area (Å²) < 4.78 is 13.1. The Morgan fingerprint density at radius 1 is 1.00 bits per heavy atom. The van der Waals surface area contributed by atoms with Crippen LogP contribution in [0.25, 0.3) is 0 Å². The summed E-state index contributed by atoms with van der Waals surface area (Å²) in [6.07, 6.45) is 1.09. The first-order valence-corrected chi connectivity index (χ1v) is 17.5. The van der Waals surface area contributed by atoms with Gasteiger partial charge in [0.25, 0.3) is 11.8 Å². The van der Waals surface area contributed by atoms with Crippen LogP contribution in [-0.4, -0.2) is 80.6 Å². The summed E-state index contributed by atoms with van der Waals surface area (Å²) in [6.45, 7) is 6.00. The summed E-state index contributed by atoms with van der Waals surface area (Å²) >= 11 is 1.18. The molecular weight excluding hydrogens is 677 g/mol. The summed E-state index contributed by atoms with van der Waals surface area (Å²) in [4.78, 5) is 58.4. The first-order chi connectivity index (χ1) is 24.5. The maximum Gasteiger partial charge on any atom is 0.271 e. The fraction of sp³-hybridized carbons (Fsp3) is 0.400. The van der Waals surface area contributed by atoms with Gasteiger partial charge >= 0.3 is 0 Å². The molecule has 5 rings (SSSR count). The van der Waals surface area contributed by atoms with Gasteiger partial charge in [-0.25, -0.2) is 4.98 Å². The number of aryl methyl sites for hydroxylation is 1. The van der Waals surface area contributed by atoms with Gasteiger partial charge in [-0.1, -0.05) is 49.4 Å². The van der Waals surface area contributed by atoms with Gasteiger partial charge in [-0.2, -0.15) is 0 Å². The molecule has 0 radical (unpaired) electrons. The number of thiazole rings is 1. The van der Waals surface area contributed by atoms with E-state index in [1.165, 1.54) is 30.8 Å². The second kappa shape index (κ2) is 17.0. The van der Waals surface area contributed by atoms with E-state index in [1.807, 2.05) is 44.2 Å². The molecule has 4 amide bonds. The zero-order valence-corrected chi connectivity index (χ0v) is 29.6. The smallest absolute Gasteiger partial charge is 0.271 e. The van der Waals surface area contributed by atoms with Crippen molar-refractivity contribution in [3.8, 4) is 11.5 Å². The van der Waals surface area contributed by atoms with Crippen molar-refractivity contribution in [3.63, 3.8) is 0 Å². The lowest BCUT2D eigenvalue weighted by molar-refractivity contribution is -0.131. The highest BCUT2D eigenvalue weighted by atomic mass is 32.1. The Hall–Kier alpha value is -5.35. The van der Waals surface area contributed by atoms with Gasteiger partial charge in [-0.15, -0.1) is 16.4 Å². The Morgan fingerprint density at radius 3 is 2.49 bits per heavy atom. The third-order valence-electron chi connectivity index (χ3n) is 8.19. The normalized spacial score (nSPS) is 20.1. The van der Waals surface area contributed by atoms with Crippen molar-refractivity contribution in [2.24, 2.45) is 5.92 Å². The maximum absolute atomic E-state index is 13.6. The van der Waals surface area contributed by atoms with Crippen LogP contribution in [0.2, 0.25) is 0 Å². The molecule has 2 aromatic carbocycles. The molecule has 15 nitrogen and oxygen atoms in total. The summed E-state index contributed by atoms with van der Waals surface area (Å²) in [7, 11) is 1.52. The zero-order chi connectivity index (χ0) is 36.5. The predicted molar refractivity (Wildman–Crippen MR) is 187 cm³/mol. The lowest BCUT2D eigenvalue weighted by Crippen LogP contribution is -2.57. The molecule has 0 saturated heterocycles. The van der Waals surface area contributed by atoms with E-state index in [0.29, 0.717) is 47.3 Å². The van der Waals surface area contributed by atoms with Gasteiger partial charge in [0.2, 0.25) is 11.8 Å². The van der Waals surface area contributed by atoms with E-state index < -0.39 is 42.0 Å². The van der Waals surface area contributed by atoms with Crippen LogP contribution in [0.3, 0.4) is 0 Å². The number of methoxy groups -OCH3 is 1. The molecule has 1 aliphatic rings. The maximum atomic E-state index is 13.6. The molecule has 16 heteroatoms. The van der Waals surface area contributed by atoms with Gasteiger partial charge in [-0.3, -0.25) is 23.9 Å². The quantitative estimate of drug-likeness (QED) is 0.204. The Labute approximate surface area is 299 Å². The summed E-state index contributed by atoms with van der Waals surface area (Å²) in [5, 5.41) is 32.0. The van der Waals surface area contributed by atoms with Crippen LogP contribution < -0.4 is 30.7 Å². The Bertz CT molecular complexity index is 1830. The molecule has 5 N–H and O–H groups in total. The van der Waals surface area contributed by atoms with Crippen LogP contribution in [0.15, 0.2) is 60.1 Å². The lowest BCUT2D eigenvalue weighted by Gasteiger charge is -2.24. The third kappa shape index (κ3) is 9.67. The minimum absolute atomic E-state index is 0.00521. The van der Waals surface area contributed by atoms with Crippen LogP contribution in [-0.2, 0) is 29.1 Å². The number of aromatic nitrogens is 4. The molecule has 0 saturated carbocycles. The van der Waals surface area contributed by atoms with Gasteiger partial charge in [0, 0.05) is 30.3 Å². The Balaban J connectivity index is 1.44. The van der Waals surface area contributed by atoms with E-state index in [4.69, 9.17) is 9.47 Å². The third-order valence-corrected chi connectivity index (χ3v) is 9.11. The van der Waals surface area contributed by atoms with E-state index in [0.717, 1.165) is 5.56 Å². The largest absolute Gasteiger partial charge is 0.493 e. The minimum atomic E-state index is -1.41. The van der Waals surface area contributed by atoms with Gasteiger partial charge < -0.3 is 35.8 Å².